The number of halogens is 1. The van der Waals surface area contributed by atoms with E-state index in [1.54, 1.807) is 0 Å². The first kappa shape index (κ1) is 13.9. The van der Waals surface area contributed by atoms with Gasteiger partial charge in [0, 0.05) is 4.47 Å². The second-order valence-corrected chi connectivity index (χ2v) is 4.78. The van der Waals surface area contributed by atoms with E-state index in [1.165, 1.54) is 5.56 Å². The number of thiocarbonyl (C=S) groups is 1. The van der Waals surface area contributed by atoms with Crippen LogP contribution in [0.15, 0.2) is 22.7 Å². The molecule has 0 unspecified atom stereocenters. The Morgan fingerprint density at radius 2 is 2.24 bits per heavy atom. The molecule has 1 aromatic rings. The van der Waals surface area contributed by atoms with E-state index in [2.05, 4.69) is 33.5 Å². The maximum absolute atomic E-state index is 7.11. The van der Waals surface area contributed by atoms with Crippen LogP contribution in [0.2, 0.25) is 0 Å². The summed E-state index contributed by atoms with van der Waals surface area (Å²) in [5.74, 6) is -0.174. The zero-order valence-corrected chi connectivity index (χ0v) is 11.9. The molecule has 17 heavy (non-hydrogen) atoms. The number of nitrogens with one attached hydrogen (secondary N) is 3. The lowest BCUT2D eigenvalue weighted by atomic mass is 10.1. The third-order valence-electron chi connectivity index (χ3n) is 2.11. The summed E-state index contributed by atoms with van der Waals surface area (Å²) in [6, 6.07) is 5.98. The molecule has 4 nitrogen and oxygen atoms in total. The Morgan fingerprint density at radius 1 is 1.53 bits per heavy atom. The summed E-state index contributed by atoms with van der Waals surface area (Å²) < 4.78 is 0.941. The van der Waals surface area contributed by atoms with Crippen LogP contribution in [0.25, 0.3) is 0 Å². The molecule has 0 amide bonds. The van der Waals surface area contributed by atoms with Gasteiger partial charge in [-0.3, -0.25) is 5.41 Å². The zero-order chi connectivity index (χ0) is 12.8. The third kappa shape index (κ3) is 4.32. The average Bonchev–Trinajstić information content (AvgIpc) is 2.22. The molecular formula is C11H15BrN4S. The van der Waals surface area contributed by atoms with Gasteiger partial charge in [0.1, 0.15) is 0 Å². The Kier molecular flexibility index (Phi) is 5.37. The highest BCUT2D eigenvalue weighted by molar-refractivity contribution is 9.10. The van der Waals surface area contributed by atoms with Crippen molar-refractivity contribution >= 4 is 44.9 Å². The normalized spacial score (nSPS) is 9.76. The predicted molar refractivity (Wildman–Crippen MR) is 79.4 cm³/mol. The van der Waals surface area contributed by atoms with Crippen molar-refractivity contribution in [2.45, 2.75) is 19.8 Å². The van der Waals surface area contributed by atoms with Gasteiger partial charge in [-0.25, -0.2) is 0 Å². The minimum absolute atomic E-state index is 0.174. The SMILES string of the molecule is CCCc1cccc(Br)c1NC(=S)NC(=N)N. The van der Waals surface area contributed by atoms with Gasteiger partial charge in [-0.05, 0) is 46.2 Å². The number of hydrogen-bond donors (Lipinski definition) is 4. The molecule has 1 aromatic carbocycles. The van der Waals surface area contributed by atoms with Gasteiger partial charge in [0.15, 0.2) is 11.1 Å². The molecule has 0 aliphatic carbocycles. The molecule has 92 valence electrons. The maximum atomic E-state index is 7.11. The highest BCUT2D eigenvalue weighted by atomic mass is 79.9. The summed E-state index contributed by atoms with van der Waals surface area (Å²) in [5, 5.41) is 13.0. The first-order valence-electron chi connectivity index (χ1n) is 5.24. The van der Waals surface area contributed by atoms with E-state index in [9.17, 15) is 0 Å². The molecule has 0 saturated carbocycles. The molecule has 0 aliphatic heterocycles. The highest BCUT2D eigenvalue weighted by Gasteiger charge is 2.07. The fraction of sp³-hybridized carbons (Fsp3) is 0.273. The van der Waals surface area contributed by atoms with E-state index in [0.29, 0.717) is 5.11 Å². The first-order chi connectivity index (χ1) is 8.04. The number of guanidine groups is 1. The third-order valence-corrected chi connectivity index (χ3v) is 2.97. The van der Waals surface area contributed by atoms with Crippen molar-refractivity contribution in [3.05, 3.63) is 28.2 Å². The molecule has 5 N–H and O–H groups in total. The number of para-hydroxylation sites is 1. The lowest BCUT2D eigenvalue weighted by molar-refractivity contribution is 0.923. The minimum Gasteiger partial charge on any atom is -0.370 e. The number of rotatable bonds is 3. The van der Waals surface area contributed by atoms with E-state index in [4.69, 9.17) is 23.4 Å². The Balaban J connectivity index is 2.88. The highest BCUT2D eigenvalue weighted by Crippen LogP contribution is 2.27. The van der Waals surface area contributed by atoms with Crippen LogP contribution in [0.3, 0.4) is 0 Å². The van der Waals surface area contributed by atoms with Gasteiger partial charge in [0.05, 0.1) is 5.69 Å². The van der Waals surface area contributed by atoms with E-state index in [0.717, 1.165) is 23.0 Å². The number of benzene rings is 1. The molecule has 0 aromatic heterocycles. The van der Waals surface area contributed by atoms with Crippen molar-refractivity contribution in [2.24, 2.45) is 5.73 Å². The minimum atomic E-state index is -0.174. The Hall–Kier alpha value is -1.14. The lowest BCUT2D eigenvalue weighted by Gasteiger charge is -2.14. The van der Waals surface area contributed by atoms with Gasteiger partial charge in [-0.15, -0.1) is 0 Å². The van der Waals surface area contributed by atoms with Crippen LogP contribution in [0, 0.1) is 5.41 Å². The number of anilines is 1. The van der Waals surface area contributed by atoms with Crippen molar-refractivity contribution in [1.82, 2.24) is 5.32 Å². The lowest BCUT2D eigenvalue weighted by Crippen LogP contribution is -2.38. The van der Waals surface area contributed by atoms with Crippen LogP contribution >= 0.6 is 28.1 Å². The summed E-state index contributed by atoms with van der Waals surface area (Å²) in [7, 11) is 0. The smallest absolute Gasteiger partial charge is 0.192 e. The largest absolute Gasteiger partial charge is 0.370 e. The molecule has 0 atom stereocenters. The van der Waals surface area contributed by atoms with Gasteiger partial charge in [0.25, 0.3) is 0 Å². The van der Waals surface area contributed by atoms with Gasteiger partial charge in [-0.2, -0.15) is 0 Å². The van der Waals surface area contributed by atoms with Crippen molar-refractivity contribution in [1.29, 1.82) is 5.41 Å². The second-order valence-electron chi connectivity index (χ2n) is 3.52. The number of nitrogens with two attached hydrogens (primary N) is 1. The summed E-state index contributed by atoms with van der Waals surface area (Å²) in [5.41, 5.74) is 7.31. The van der Waals surface area contributed by atoms with Crippen molar-refractivity contribution in [3.8, 4) is 0 Å². The van der Waals surface area contributed by atoms with Crippen LogP contribution in [-0.4, -0.2) is 11.1 Å². The Morgan fingerprint density at radius 3 is 2.82 bits per heavy atom. The molecule has 0 radical (unpaired) electrons. The zero-order valence-electron chi connectivity index (χ0n) is 9.51. The average molecular weight is 315 g/mol. The Labute approximate surface area is 115 Å². The summed E-state index contributed by atoms with van der Waals surface area (Å²) in [6.07, 6.45) is 2.02. The molecule has 1 rings (SSSR count). The monoisotopic (exact) mass is 314 g/mol. The number of aryl methyl sites for hydroxylation is 1. The number of hydrogen-bond acceptors (Lipinski definition) is 2. The topological polar surface area (TPSA) is 73.9 Å². The molecular weight excluding hydrogens is 300 g/mol. The summed E-state index contributed by atoms with van der Waals surface area (Å²) in [4.78, 5) is 0. The van der Waals surface area contributed by atoms with E-state index in [-0.39, 0.29) is 5.96 Å². The van der Waals surface area contributed by atoms with Crippen molar-refractivity contribution in [3.63, 3.8) is 0 Å². The van der Waals surface area contributed by atoms with Crippen LogP contribution < -0.4 is 16.4 Å². The van der Waals surface area contributed by atoms with E-state index in [1.807, 2.05) is 18.2 Å². The van der Waals surface area contributed by atoms with Crippen LogP contribution in [-0.2, 0) is 6.42 Å². The van der Waals surface area contributed by atoms with E-state index >= 15 is 0 Å². The quantitative estimate of drug-likeness (QED) is 0.393. The molecule has 0 bridgehead atoms. The predicted octanol–water partition coefficient (Wildman–Crippen LogP) is 2.58. The second kappa shape index (κ2) is 6.56. The van der Waals surface area contributed by atoms with Crippen LogP contribution in [0.5, 0.6) is 0 Å². The van der Waals surface area contributed by atoms with Gasteiger partial charge >= 0.3 is 0 Å². The summed E-state index contributed by atoms with van der Waals surface area (Å²) in [6.45, 7) is 2.12. The molecule has 6 heteroatoms. The molecule has 0 heterocycles. The summed E-state index contributed by atoms with van der Waals surface area (Å²) >= 11 is 8.53. The van der Waals surface area contributed by atoms with Gasteiger partial charge in [-0.1, -0.05) is 25.5 Å². The first-order valence-corrected chi connectivity index (χ1v) is 6.44. The molecule has 0 fully saturated rings. The maximum Gasteiger partial charge on any atom is 0.192 e. The van der Waals surface area contributed by atoms with Crippen LogP contribution in [0.4, 0.5) is 5.69 Å². The fourth-order valence-electron chi connectivity index (χ4n) is 1.45. The van der Waals surface area contributed by atoms with Gasteiger partial charge < -0.3 is 16.4 Å². The molecule has 0 aliphatic rings. The molecule has 0 spiro atoms. The molecule has 0 saturated heterocycles. The van der Waals surface area contributed by atoms with Crippen molar-refractivity contribution in [2.75, 3.05) is 5.32 Å². The van der Waals surface area contributed by atoms with Crippen molar-refractivity contribution < 1.29 is 0 Å². The van der Waals surface area contributed by atoms with E-state index < -0.39 is 0 Å². The van der Waals surface area contributed by atoms with Gasteiger partial charge in [0.2, 0.25) is 0 Å². The standard InChI is InChI=1S/C11H15BrN4S/c1-2-4-7-5-3-6-8(12)9(7)15-11(17)16-10(13)14/h3,5-6H,2,4H2,1H3,(H5,13,14,15,16,17). The fourth-order valence-corrected chi connectivity index (χ4v) is 2.17. The Bertz CT molecular complexity index is 433. The van der Waals surface area contributed by atoms with Crippen LogP contribution in [0.1, 0.15) is 18.9 Å².